The van der Waals surface area contributed by atoms with E-state index in [9.17, 15) is 18.8 Å². The van der Waals surface area contributed by atoms with E-state index in [1.807, 2.05) is 0 Å². The average molecular weight is 442 g/mol. The molecule has 0 saturated heterocycles. The van der Waals surface area contributed by atoms with Crippen LogP contribution in [0.3, 0.4) is 0 Å². The van der Waals surface area contributed by atoms with Crippen LogP contribution in [0.15, 0.2) is 58.1 Å². The molecule has 3 aromatic rings. The van der Waals surface area contributed by atoms with E-state index in [1.54, 1.807) is 37.4 Å². The van der Waals surface area contributed by atoms with E-state index in [1.165, 1.54) is 25.3 Å². The zero-order valence-electron chi connectivity index (χ0n) is 17.7. The van der Waals surface area contributed by atoms with E-state index in [4.69, 9.17) is 9.47 Å². The smallest absolute Gasteiger partial charge is 0.352 e. The molecule has 1 amide bonds. The maximum atomic E-state index is 13.6. The van der Waals surface area contributed by atoms with E-state index in [0.717, 1.165) is 9.25 Å². The first kappa shape index (κ1) is 22.9. The van der Waals surface area contributed by atoms with Gasteiger partial charge >= 0.3 is 5.69 Å². The van der Waals surface area contributed by atoms with Gasteiger partial charge in [0.05, 0.1) is 19.3 Å². The molecular formula is C22H23FN4O5. The summed E-state index contributed by atoms with van der Waals surface area (Å²) in [4.78, 5) is 38.7. The van der Waals surface area contributed by atoms with Gasteiger partial charge < -0.3 is 14.8 Å². The number of nitrogens with zero attached hydrogens (tertiary/aromatic N) is 3. The van der Waals surface area contributed by atoms with Crippen LogP contribution in [0, 0.1) is 5.82 Å². The highest BCUT2D eigenvalue weighted by Gasteiger charge is 2.20. The van der Waals surface area contributed by atoms with Crippen molar-refractivity contribution in [3.63, 3.8) is 0 Å². The summed E-state index contributed by atoms with van der Waals surface area (Å²) in [5.74, 6) is -0.663. The monoisotopic (exact) mass is 442 g/mol. The molecule has 0 radical (unpaired) electrons. The molecule has 0 unspecified atom stereocenters. The minimum Gasteiger partial charge on any atom is -0.497 e. The molecule has 3 rings (SSSR count). The van der Waals surface area contributed by atoms with Gasteiger partial charge in [0.2, 0.25) is 5.69 Å². The number of benzene rings is 2. The average Bonchev–Trinajstić information content (AvgIpc) is 2.80. The summed E-state index contributed by atoms with van der Waals surface area (Å²) in [6.07, 6.45) is 0.540. The zero-order chi connectivity index (χ0) is 23.1. The van der Waals surface area contributed by atoms with Crippen LogP contribution in [0.2, 0.25) is 0 Å². The topological polar surface area (TPSA) is 104 Å². The van der Waals surface area contributed by atoms with E-state index in [0.29, 0.717) is 30.0 Å². The van der Waals surface area contributed by atoms with Gasteiger partial charge in [-0.3, -0.25) is 14.2 Å². The lowest BCUT2D eigenvalue weighted by Crippen LogP contribution is -2.46. The lowest BCUT2D eigenvalue weighted by Gasteiger charge is -2.13. The standard InChI is InChI=1S/C22H23FN4O5/c1-31-12-4-11-24-20(28)19-21(29)26(14-15-5-3-6-16(23)13-15)22(30)27(25-19)17-7-9-18(32-2)10-8-17/h3,5-10,13H,4,11-12,14H2,1-2H3,(H,24,28). The molecule has 0 saturated carbocycles. The highest BCUT2D eigenvalue weighted by atomic mass is 19.1. The third-order valence-electron chi connectivity index (χ3n) is 4.63. The molecule has 0 fully saturated rings. The Morgan fingerprint density at radius 3 is 2.53 bits per heavy atom. The van der Waals surface area contributed by atoms with Crippen LogP contribution in [0.4, 0.5) is 4.39 Å². The highest BCUT2D eigenvalue weighted by molar-refractivity contribution is 5.91. The molecular weight excluding hydrogens is 419 g/mol. The van der Waals surface area contributed by atoms with Crippen molar-refractivity contribution in [1.29, 1.82) is 0 Å². The van der Waals surface area contributed by atoms with Crippen LogP contribution in [-0.2, 0) is 11.3 Å². The van der Waals surface area contributed by atoms with Crippen molar-refractivity contribution in [2.24, 2.45) is 0 Å². The Hall–Kier alpha value is -3.79. The van der Waals surface area contributed by atoms with Crippen LogP contribution in [-0.4, -0.2) is 47.6 Å². The molecule has 10 heteroatoms. The number of methoxy groups -OCH3 is 2. The normalized spacial score (nSPS) is 10.7. The number of carbonyl (C=O) groups is 1. The molecule has 0 atom stereocenters. The lowest BCUT2D eigenvalue weighted by molar-refractivity contribution is 0.0938. The van der Waals surface area contributed by atoms with Crippen LogP contribution < -0.4 is 21.3 Å². The molecule has 0 aliphatic carbocycles. The molecule has 1 aromatic heterocycles. The van der Waals surface area contributed by atoms with Gasteiger partial charge in [-0.05, 0) is 48.4 Å². The molecule has 9 nitrogen and oxygen atoms in total. The third-order valence-corrected chi connectivity index (χ3v) is 4.63. The van der Waals surface area contributed by atoms with Gasteiger partial charge in [-0.2, -0.15) is 9.78 Å². The number of nitrogens with one attached hydrogen (secondary N) is 1. The number of ether oxygens (including phenoxy) is 2. The van der Waals surface area contributed by atoms with E-state index < -0.39 is 28.7 Å². The SMILES string of the molecule is COCCCNC(=O)c1nn(-c2ccc(OC)cc2)c(=O)n(Cc2cccc(F)c2)c1=O. The molecule has 1 heterocycles. The van der Waals surface area contributed by atoms with Gasteiger partial charge in [0.15, 0.2) is 0 Å². The first-order valence-corrected chi connectivity index (χ1v) is 9.84. The van der Waals surface area contributed by atoms with Crippen molar-refractivity contribution >= 4 is 5.91 Å². The van der Waals surface area contributed by atoms with Crippen LogP contribution in [0.25, 0.3) is 5.69 Å². The van der Waals surface area contributed by atoms with Crippen molar-refractivity contribution in [3.8, 4) is 11.4 Å². The second kappa shape index (κ2) is 10.5. The fourth-order valence-corrected chi connectivity index (χ4v) is 3.01. The first-order valence-electron chi connectivity index (χ1n) is 9.84. The Labute approximate surface area is 183 Å². The number of carbonyl (C=O) groups excluding carboxylic acids is 1. The second-order valence-electron chi connectivity index (χ2n) is 6.86. The molecule has 2 aromatic carbocycles. The fraction of sp³-hybridized carbons (Fsp3) is 0.273. The summed E-state index contributed by atoms with van der Waals surface area (Å²) in [5, 5.41) is 6.63. The Morgan fingerprint density at radius 2 is 1.88 bits per heavy atom. The lowest BCUT2D eigenvalue weighted by atomic mass is 10.2. The van der Waals surface area contributed by atoms with Crippen molar-refractivity contribution in [3.05, 3.63) is 86.4 Å². The largest absolute Gasteiger partial charge is 0.497 e. The van der Waals surface area contributed by atoms with Crippen molar-refractivity contribution in [2.45, 2.75) is 13.0 Å². The number of amides is 1. The van der Waals surface area contributed by atoms with Gasteiger partial charge in [0.25, 0.3) is 11.5 Å². The summed E-state index contributed by atoms with van der Waals surface area (Å²) in [7, 11) is 3.05. The van der Waals surface area contributed by atoms with E-state index >= 15 is 0 Å². The molecule has 1 N–H and O–H groups in total. The number of hydrogen-bond donors (Lipinski definition) is 1. The van der Waals surface area contributed by atoms with Crippen molar-refractivity contribution < 1.29 is 18.7 Å². The molecule has 0 aliphatic rings. The third kappa shape index (κ3) is 5.27. The molecule has 32 heavy (non-hydrogen) atoms. The predicted octanol–water partition coefficient (Wildman–Crippen LogP) is 1.36. The molecule has 0 aliphatic heterocycles. The number of hydrogen-bond acceptors (Lipinski definition) is 6. The number of halogens is 1. The highest BCUT2D eigenvalue weighted by Crippen LogP contribution is 2.13. The molecule has 0 spiro atoms. The van der Waals surface area contributed by atoms with Gasteiger partial charge in [-0.15, -0.1) is 0 Å². The molecule has 0 bridgehead atoms. The minimum atomic E-state index is -0.867. The zero-order valence-corrected chi connectivity index (χ0v) is 17.7. The van der Waals surface area contributed by atoms with E-state index in [2.05, 4.69) is 10.4 Å². The maximum Gasteiger partial charge on any atom is 0.352 e. The van der Waals surface area contributed by atoms with Crippen LogP contribution >= 0.6 is 0 Å². The van der Waals surface area contributed by atoms with Gasteiger partial charge in [-0.25, -0.2) is 9.18 Å². The number of aromatic nitrogens is 3. The molecule has 168 valence electrons. The Morgan fingerprint density at radius 1 is 1.12 bits per heavy atom. The van der Waals surface area contributed by atoms with Gasteiger partial charge in [0, 0.05) is 20.3 Å². The summed E-state index contributed by atoms with van der Waals surface area (Å²) in [5.41, 5.74) is -1.36. The summed E-state index contributed by atoms with van der Waals surface area (Å²) in [6.45, 7) is 0.472. The Balaban J connectivity index is 2.08. The maximum absolute atomic E-state index is 13.6. The first-order chi connectivity index (χ1) is 15.4. The Kier molecular flexibility index (Phi) is 7.50. The Bertz CT molecular complexity index is 1200. The second-order valence-corrected chi connectivity index (χ2v) is 6.86. The predicted molar refractivity (Wildman–Crippen MR) is 115 cm³/mol. The van der Waals surface area contributed by atoms with Gasteiger partial charge in [-0.1, -0.05) is 12.1 Å². The minimum absolute atomic E-state index is 0.224. The summed E-state index contributed by atoms with van der Waals surface area (Å²) < 4.78 is 25.5. The van der Waals surface area contributed by atoms with Crippen LogP contribution in [0.1, 0.15) is 22.5 Å². The summed E-state index contributed by atoms with van der Waals surface area (Å²) in [6, 6.07) is 11.9. The quantitative estimate of drug-likeness (QED) is 0.502. The number of rotatable bonds is 9. The van der Waals surface area contributed by atoms with Crippen molar-refractivity contribution in [2.75, 3.05) is 27.4 Å². The fourth-order valence-electron chi connectivity index (χ4n) is 3.01. The van der Waals surface area contributed by atoms with Gasteiger partial charge in [0.1, 0.15) is 11.6 Å². The van der Waals surface area contributed by atoms with Crippen LogP contribution in [0.5, 0.6) is 5.75 Å². The summed E-state index contributed by atoms with van der Waals surface area (Å²) >= 11 is 0. The van der Waals surface area contributed by atoms with Crippen molar-refractivity contribution in [1.82, 2.24) is 19.7 Å². The van der Waals surface area contributed by atoms with E-state index in [-0.39, 0.29) is 13.1 Å².